The zero-order valence-electron chi connectivity index (χ0n) is 19.9. The lowest BCUT2D eigenvalue weighted by Gasteiger charge is -2.36. The molecule has 0 saturated heterocycles. The summed E-state index contributed by atoms with van der Waals surface area (Å²) in [5, 5.41) is 8.08. The number of hydrogen-bond donors (Lipinski definition) is 0. The van der Waals surface area contributed by atoms with Crippen molar-refractivity contribution < 1.29 is 0 Å². The van der Waals surface area contributed by atoms with Gasteiger partial charge in [-0.3, -0.25) is 4.99 Å². The molecule has 1 aliphatic rings. The van der Waals surface area contributed by atoms with Crippen LogP contribution in [-0.2, 0) is 0 Å². The molecule has 35 heavy (non-hydrogen) atoms. The predicted octanol–water partition coefficient (Wildman–Crippen LogP) is 7.86. The fraction of sp³-hybridized carbons (Fsp3) is 0.182. The lowest BCUT2D eigenvalue weighted by atomic mass is 9.94. The van der Waals surface area contributed by atoms with Crippen LogP contribution in [-0.4, -0.2) is 17.9 Å². The third-order valence-corrected chi connectivity index (χ3v) is 10.3. The van der Waals surface area contributed by atoms with Crippen LogP contribution in [0.4, 0.5) is 0 Å². The van der Waals surface area contributed by atoms with Gasteiger partial charge < -0.3 is 0 Å². The zero-order valence-corrected chi connectivity index (χ0v) is 20.8. The van der Waals surface area contributed by atoms with Crippen molar-refractivity contribution >= 4 is 46.3 Å². The molecular formula is C33H30NP. The fourth-order valence-electron chi connectivity index (χ4n) is 5.63. The van der Waals surface area contributed by atoms with Gasteiger partial charge in [0.15, 0.2) is 0 Å². The largest absolute Gasteiger partial charge is 0.289 e. The minimum Gasteiger partial charge on any atom is -0.289 e. The highest BCUT2D eigenvalue weighted by Gasteiger charge is 2.33. The maximum absolute atomic E-state index is 5.40. The molecule has 0 heterocycles. The maximum Gasteiger partial charge on any atom is 0.0573 e. The van der Waals surface area contributed by atoms with Gasteiger partial charge in [0.1, 0.15) is 0 Å². The van der Waals surface area contributed by atoms with E-state index < -0.39 is 7.92 Å². The Labute approximate surface area is 209 Å². The summed E-state index contributed by atoms with van der Waals surface area (Å²) in [5.41, 5.74) is 1.81. The molecule has 0 N–H and O–H groups in total. The van der Waals surface area contributed by atoms with Crippen molar-refractivity contribution in [1.29, 1.82) is 0 Å². The molecular weight excluding hydrogens is 441 g/mol. The normalized spacial score (nSPS) is 18.5. The van der Waals surface area contributed by atoms with Crippen LogP contribution >= 0.6 is 7.92 Å². The lowest BCUT2D eigenvalue weighted by molar-refractivity contribution is 0.453. The van der Waals surface area contributed by atoms with E-state index in [0.29, 0.717) is 11.7 Å². The summed E-state index contributed by atoms with van der Waals surface area (Å²) in [7, 11) is -0.472. The van der Waals surface area contributed by atoms with Crippen molar-refractivity contribution in [3.05, 3.63) is 121 Å². The first kappa shape index (κ1) is 22.2. The van der Waals surface area contributed by atoms with Crippen LogP contribution in [0.2, 0.25) is 0 Å². The molecule has 6 rings (SSSR count). The van der Waals surface area contributed by atoms with Crippen LogP contribution in [0.25, 0.3) is 21.5 Å². The summed E-state index contributed by atoms with van der Waals surface area (Å²) in [6.07, 6.45) is 7.18. The van der Waals surface area contributed by atoms with Crippen molar-refractivity contribution in [3.63, 3.8) is 0 Å². The van der Waals surface area contributed by atoms with Gasteiger partial charge in [-0.1, -0.05) is 122 Å². The molecule has 2 heteroatoms. The monoisotopic (exact) mass is 471 g/mol. The number of fused-ring (bicyclic) bond motifs is 2. The summed E-state index contributed by atoms with van der Waals surface area (Å²) in [6, 6.07) is 42.4. The second-order valence-corrected chi connectivity index (χ2v) is 11.9. The summed E-state index contributed by atoms with van der Waals surface area (Å²) in [5.74, 6) is 0. The topological polar surface area (TPSA) is 12.4 Å². The highest BCUT2D eigenvalue weighted by molar-refractivity contribution is 7.73. The van der Waals surface area contributed by atoms with E-state index >= 15 is 0 Å². The van der Waals surface area contributed by atoms with Crippen LogP contribution in [0.1, 0.15) is 31.2 Å². The Morgan fingerprint density at radius 1 is 0.600 bits per heavy atom. The van der Waals surface area contributed by atoms with E-state index in [1.165, 1.54) is 63.4 Å². The molecule has 0 spiro atoms. The minimum atomic E-state index is -0.472. The van der Waals surface area contributed by atoms with E-state index in [4.69, 9.17) is 4.99 Å². The molecule has 5 aromatic rings. The van der Waals surface area contributed by atoms with Crippen molar-refractivity contribution in [3.8, 4) is 0 Å². The minimum absolute atomic E-state index is 0.341. The van der Waals surface area contributed by atoms with Crippen LogP contribution in [0, 0.1) is 0 Å². The molecule has 0 aromatic heterocycles. The standard InChI is InChI=1S/C33H30NP/c1-3-15-27(16-4-1)35(28-17-5-2-6-18-28)33-22-12-11-21-32(33)34-24-31-29-19-9-7-13-25(29)23-26-14-8-10-20-30(26)31/h1-10,13-20,23-24,32-33H,11-12,21-22H2/t32-,33-/m1/s1. The maximum atomic E-state index is 5.40. The number of nitrogens with zero attached hydrogens (tertiary/aromatic N) is 1. The van der Waals surface area contributed by atoms with Crippen LogP contribution in [0.5, 0.6) is 0 Å². The molecule has 0 amide bonds. The Morgan fingerprint density at radius 2 is 1.11 bits per heavy atom. The van der Waals surface area contributed by atoms with Gasteiger partial charge in [-0.05, 0) is 59.0 Å². The van der Waals surface area contributed by atoms with Gasteiger partial charge in [0.2, 0.25) is 0 Å². The highest BCUT2D eigenvalue weighted by atomic mass is 31.1. The molecule has 1 nitrogen and oxygen atoms in total. The molecule has 0 aliphatic heterocycles. The molecule has 1 fully saturated rings. The molecule has 0 radical (unpaired) electrons. The first-order valence-corrected chi connectivity index (χ1v) is 14.1. The Bertz CT molecular complexity index is 1370. The van der Waals surface area contributed by atoms with Gasteiger partial charge in [-0.2, -0.15) is 0 Å². The van der Waals surface area contributed by atoms with Crippen molar-refractivity contribution in [1.82, 2.24) is 0 Å². The van der Waals surface area contributed by atoms with E-state index in [2.05, 4.69) is 121 Å². The second-order valence-electron chi connectivity index (χ2n) is 9.47. The zero-order chi connectivity index (χ0) is 23.5. The lowest BCUT2D eigenvalue weighted by Crippen LogP contribution is -2.33. The summed E-state index contributed by atoms with van der Waals surface area (Å²) in [6.45, 7) is 0. The smallest absolute Gasteiger partial charge is 0.0573 e. The first-order valence-electron chi connectivity index (χ1n) is 12.7. The predicted molar refractivity (Wildman–Crippen MR) is 154 cm³/mol. The summed E-state index contributed by atoms with van der Waals surface area (Å²) in [4.78, 5) is 5.40. The average Bonchev–Trinajstić information content (AvgIpc) is 2.93. The molecule has 172 valence electrons. The second kappa shape index (κ2) is 10.1. The van der Waals surface area contributed by atoms with Crippen molar-refractivity contribution in [2.24, 2.45) is 4.99 Å². The molecule has 2 atom stereocenters. The van der Waals surface area contributed by atoms with Crippen LogP contribution in [0.3, 0.4) is 0 Å². The molecule has 0 unspecified atom stereocenters. The number of rotatable bonds is 5. The fourth-order valence-corrected chi connectivity index (χ4v) is 8.70. The molecule has 1 aliphatic carbocycles. The number of hydrogen-bond acceptors (Lipinski definition) is 1. The van der Waals surface area contributed by atoms with Crippen molar-refractivity contribution in [2.45, 2.75) is 37.4 Å². The Kier molecular flexibility index (Phi) is 6.43. The van der Waals surface area contributed by atoms with Gasteiger partial charge in [-0.25, -0.2) is 0 Å². The molecule has 5 aromatic carbocycles. The van der Waals surface area contributed by atoms with E-state index in [0.717, 1.165) is 0 Å². The van der Waals surface area contributed by atoms with Crippen LogP contribution < -0.4 is 10.6 Å². The summed E-state index contributed by atoms with van der Waals surface area (Å²) >= 11 is 0. The van der Waals surface area contributed by atoms with Gasteiger partial charge in [-0.15, -0.1) is 0 Å². The van der Waals surface area contributed by atoms with Crippen molar-refractivity contribution in [2.75, 3.05) is 0 Å². The first-order chi connectivity index (χ1) is 17.4. The Morgan fingerprint density at radius 3 is 1.71 bits per heavy atom. The highest BCUT2D eigenvalue weighted by Crippen LogP contribution is 2.47. The average molecular weight is 472 g/mol. The van der Waals surface area contributed by atoms with Gasteiger partial charge in [0, 0.05) is 17.4 Å². The van der Waals surface area contributed by atoms with Crippen LogP contribution in [0.15, 0.2) is 120 Å². The number of benzene rings is 5. The van der Waals surface area contributed by atoms with Gasteiger partial charge >= 0.3 is 0 Å². The quantitative estimate of drug-likeness (QED) is 0.141. The van der Waals surface area contributed by atoms with E-state index in [-0.39, 0.29) is 0 Å². The third kappa shape index (κ3) is 4.54. The van der Waals surface area contributed by atoms with E-state index in [1.807, 2.05) is 0 Å². The van der Waals surface area contributed by atoms with E-state index in [9.17, 15) is 0 Å². The Hall–Kier alpha value is -3.28. The van der Waals surface area contributed by atoms with E-state index in [1.54, 1.807) is 0 Å². The third-order valence-electron chi connectivity index (χ3n) is 7.30. The molecule has 0 bridgehead atoms. The SMILES string of the molecule is C(=N[C@@H]1CCCC[C@H]1P(c1ccccc1)c1ccccc1)c1c2ccccc2cc2ccccc12. The number of aliphatic imine (C=N–C) groups is 1. The summed E-state index contributed by atoms with van der Waals surface area (Å²) < 4.78 is 0. The molecule has 1 saturated carbocycles. The van der Waals surface area contributed by atoms with Gasteiger partial charge in [0.25, 0.3) is 0 Å². The van der Waals surface area contributed by atoms with Gasteiger partial charge in [0.05, 0.1) is 6.04 Å². The Balaban J connectivity index is 1.44.